The third kappa shape index (κ3) is 5.42. The van der Waals surface area contributed by atoms with Crippen molar-refractivity contribution in [1.82, 2.24) is 0 Å². The Kier molecular flexibility index (Phi) is 7.90. The van der Waals surface area contributed by atoms with E-state index in [2.05, 4.69) is 0 Å². The van der Waals surface area contributed by atoms with Crippen LogP contribution in [0.2, 0.25) is 0 Å². The first-order chi connectivity index (χ1) is 16.9. The number of allylic oxidation sites excluding steroid dienone is 1. The Morgan fingerprint density at radius 3 is 2.23 bits per heavy atom. The second-order valence-electron chi connectivity index (χ2n) is 8.35. The average molecular weight is 485 g/mol. The van der Waals surface area contributed by atoms with Gasteiger partial charge < -0.3 is 19.3 Å². The summed E-state index contributed by atoms with van der Waals surface area (Å²) in [5.41, 5.74) is 2.45. The van der Waals surface area contributed by atoms with Crippen LogP contribution in [-0.2, 0) is 9.47 Å². The maximum Gasteiger partial charge on any atom is 0.201 e. The van der Waals surface area contributed by atoms with E-state index in [1.165, 1.54) is 24.5 Å². The zero-order valence-electron chi connectivity index (χ0n) is 19.5. The number of rotatable bonds is 7. The van der Waals surface area contributed by atoms with Gasteiger partial charge in [-0.05, 0) is 53.8 Å². The van der Waals surface area contributed by atoms with Gasteiger partial charge in [0.2, 0.25) is 5.82 Å². The van der Waals surface area contributed by atoms with Gasteiger partial charge in [0, 0.05) is 11.5 Å². The van der Waals surface area contributed by atoms with Crippen LogP contribution in [0.1, 0.15) is 31.7 Å². The van der Waals surface area contributed by atoms with Crippen molar-refractivity contribution in [1.29, 1.82) is 0 Å². The van der Waals surface area contributed by atoms with Gasteiger partial charge in [-0.2, -0.15) is 4.39 Å². The molecule has 0 spiro atoms. The maximum absolute atomic E-state index is 14.9. The van der Waals surface area contributed by atoms with Crippen LogP contribution in [-0.4, -0.2) is 30.7 Å². The summed E-state index contributed by atoms with van der Waals surface area (Å²) in [6.07, 6.45) is 1.96. The van der Waals surface area contributed by atoms with Gasteiger partial charge in [0.25, 0.3) is 0 Å². The monoisotopic (exact) mass is 484 g/mol. The topological polar surface area (TPSA) is 47.9 Å². The summed E-state index contributed by atoms with van der Waals surface area (Å²) in [4.78, 5) is 0. The molecule has 1 fully saturated rings. The van der Waals surface area contributed by atoms with Crippen LogP contribution >= 0.6 is 0 Å². The molecule has 0 aromatic heterocycles. The van der Waals surface area contributed by atoms with E-state index in [1.807, 2.05) is 6.92 Å². The molecule has 0 aliphatic carbocycles. The van der Waals surface area contributed by atoms with Gasteiger partial charge in [-0.3, -0.25) is 0 Å². The molecule has 3 aromatic carbocycles. The van der Waals surface area contributed by atoms with Gasteiger partial charge >= 0.3 is 0 Å². The lowest BCUT2D eigenvalue weighted by Gasteiger charge is -2.32. The van der Waals surface area contributed by atoms with E-state index in [1.54, 1.807) is 49.4 Å². The highest BCUT2D eigenvalue weighted by Crippen LogP contribution is 2.33. The van der Waals surface area contributed by atoms with E-state index in [4.69, 9.17) is 14.2 Å². The third-order valence-electron chi connectivity index (χ3n) is 6.00. The summed E-state index contributed by atoms with van der Waals surface area (Å²) in [5, 5.41) is 9.85. The summed E-state index contributed by atoms with van der Waals surface area (Å²) < 4.78 is 60.0. The number of hydrogen-bond acceptors (Lipinski definition) is 4. The Labute approximate surface area is 202 Å². The highest BCUT2D eigenvalue weighted by Gasteiger charge is 2.29. The van der Waals surface area contributed by atoms with Crippen molar-refractivity contribution in [2.45, 2.75) is 38.6 Å². The number of benzene rings is 3. The molecule has 0 amide bonds. The van der Waals surface area contributed by atoms with Gasteiger partial charge in [0.15, 0.2) is 17.9 Å². The average Bonchev–Trinajstić information content (AvgIpc) is 2.89. The molecule has 1 unspecified atom stereocenters. The van der Waals surface area contributed by atoms with Crippen LogP contribution in [0, 0.1) is 17.5 Å². The molecule has 7 heteroatoms. The predicted octanol–water partition coefficient (Wildman–Crippen LogP) is 6.58. The highest BCUT2D eigenvalue weighted by molar-refractivity contribution is 5.71. The quantitative estimate of drug-likeness (QED) is 0.385. The Bertz CT molecular complexity index is 1190. The number of hydrogen-bond donors (Lipinski definition) is 1. The molecule has 0 saturated carbocycles. The lowest BCUT2D eigenvalue weighted by Crippen LogP contribution is -2.39. The zero-order valence-corrected chi connectivity index (χ0v) is 19.5. The van der Waals surface area contributed by atoms with Gasteiger partial charge in [0.1, 0.15) is 11.9 Å². The molecule has 4 nitrogen and oxygen atoms in total. The molecule has 0 bridgehead atoms. The highest BCUT2D eigenvalue weighted by atomic mass is 19.2. The fraction of sp³-hybridized carbons (Fsp3) is 0.286. The first-order valence-corrected chi connectivity index (χ1v) is 11.5. The Balaban J connectivity index is 1.49. The lowest BCUT2D eigenvalue weighted by molar-refractivity contribution is -0.229. The molecule has 35 heavy (non-hydrogen) atoms. The van der Waals surface area contributed by atoms with Crippen molar-refractivity contribution in [3.63, 3.8) is 0 Å². The fourth-order valence-electron chi connectivity index (χ4n) is 3.98. The van der Waals surface area contributed by atoms with Crippen molar-refractivity contribution < 1.29 is 32.5 Å². The van der Waals surface area contributed by atoms with Gasteiger partial charge in [-0.25, -0.2) is 8.78 Å². The second kappa shape index (κ2) is 11.1. The summed E-state index contributed by atoms with van der Waals surface area (Å²) in [5.74, 6) is -2.91. The van der Waals surface area contributed by atoms with E-state index in [0.717, 1.165) is 5.56 Å². The number of ether oxygens (including phenoxy) is 3. The molecule has 1 N–H and O–H groups in total. The second-order valence-corrected chi connectivity index (χ2v) is 8.35. The maximum atomic E-state index is 14.9. The number of halogens is 3. The molecule has 1 aliphatic heterocycles. The van der Waals surface area contributed by atoms with Gasteiger partial charge in [-0.1, -0.05) is 49.4 Å². The van der Waals surface area contributed by atoms with Crippen molar-refractivity contribution in [3.8, 4) is 28.0 Å². The van der Waals surface area contributed by atoms with E-state index < -0.39 is 24.0 Å². The lowest BCUT2D eigenvalue weighted by atomic mass is 9.95. The van der Waals surface area contributed by atoms with E-state index >= 15 is 0 Å². The van der Waals surface area contributed by atoms with Crippen LogP contribution in [0.15, 0.2) is 66.9 Å². The fourth-order valence-corrected chi connectivity index (χ4v) is 3.98. The molecule has 0 radical (unpaired) electrons. The predicted molar refractivity (Wildman–Crippen MR) is 127 cm³/mol. The van der Waals surface area contributed by atoms with Crippen molar-refractivity contribution in [3.05, 3.63) is 90.0 Å². The first-order valence-electron chi connectivity index (χ1n) is 11.5. The largest absolute Gasteiger partial charge is 0.462 e. The van der Waals surface area contributed by atoms with Crippen molar-refractivity contribution in [2.24, 2.45) is 0 Å². The SMILES string of the molecule is C/C=C\Oc1ccc(-c2ccc(-c3ccc(C4COC(C(O)CC)OC4)c(F)c3)cc2)c(F)c1F. The molecule has 1 atom stereocenters. The summed E-state index contributed by atoms with van der Waals surface area (Å²) in [6.45, 7) is 4.05. The van der Waals surface area contributed by atoms with Crippen molar-refractivity contribution in [2.75, 3.05) is 13.2 Å². The summed E-state index contributed by atoms with van der Waals surface area (Å²) in [6, 6.07) is 14.5. The molecule has 1 saturated heterocycles. The number of aliphatic hydroxyl groups is 1. The minimum atomic E-state index is -1.06. The normalized spacial score (nSPS) is 19.1. The standard InChI is InChI=1S/C28H27F3O4/c1-3-13-33-25-12-11-22(26(30)27(25)31)18-7-5-17(6-8-18)19-9-10-21(23(29)14-19)20-15-34-28(35-16-20)24(32)4-2/h3,5-14,20,24,28,32H,4,15-16H2,1-2H3/b13-3-. The van der Waals surface area contributed by atoms with E-state index in [-0.39, 0.29) is 36.3 Å². The Morgan fingerprint density at radius 1 is 0.943 bits per heavy atom. The van der Waals surface area contributed by atoms with E-state index in [0.29, 0.717) is 23.1 Å². The molecular formula is C28H27F3O4. The molecule has 4 rings (SSSR count). The third-order valence-corrected chi connectivity index (χ3v) is 6.00. The molecule has 184 valence electrons. The van der Waals surface area contributed by atoms with Crippen LogP contribution < -0.4 is 4.74 Å². The van der Waals surface area contributed by atoms with Crippen LogP contribution in [0.25, 0.3) is 22.3 Å². The summed E-state index contributed by atoms with van der Waals surface area (Å²) >= 11 is 0. The van der Waals surface area contributed by atoms with Crippen molar-refractivity contribution >= 4 is 0 Å². The number of aliphatic hydroxyl groups excluding tert-OH is 1. The smallest absolute Gasteiger partial charge is 0.201 e. The van der Waals surface area contributed by atoms with Gasteiger partial charge in [-0.15, -0.1) is 0 Å². The molecule has 3 aromatic rings. The minimum absolute atomic E-state index is 0.104. The summed E-state index contributed by atoms with van der Waals surface area (Å²) in [7, 11) is 0. The minimum Gasteiger partial charge on any atom is -0.462 e. The molecule has 1 aliphatic rings. The first kappa shape index (κ1) is 25.0. The van der Waals surface area contributed by atoms with Crippen LogP contribution in [0.4, 0.5) is 13.2 Å². The molecular weight excluding hydrogens is 457 g/mol. The molecule has 1 heterocycles. The Morgan fingerprint density at radius 2 is 1.60 bits per heavy atom. The zero-order chi connectivity index (χ0) is 24.9. The van der Waals surface area contributed by atoms with Crippen LogP contribution in [0.5, 0.6) is 5.75 Å². The van der Waals surface area contributed by atoms with Crippen LogP contribution in [0.3, 0.4) is 0 Å². The van der Waals surface area contributed by atoms with E-state index in [9.17, 15) is 18.3 Å². The van der Waals surface area contributed by atoms with Gasteiger partial charge in [0.05, 0.1) is 19.5 Å². The Hall–Kier alpha value is -3.13.